The van der Waals surface area contributed by atoms with E-state index in [1.807, 2.05) is 24.3 Å². The number of fused-ring (bicyclic) bond motifs is 4. The summed E-state index contributed by atoms with van der Waals surface area (Å²) >= 11 is 0. The Bertz CT molecular complexity index is 1160. The van der Waals surface area contributed by atoms with Gasteiger partial charge in [-0.3, -0.25) is 19.4 Å². The van der Waals surface area contributed by atoms with E-state index in [1.165, 1.54) is 11.1 Å². The van der Waals surface area contributed by atoms with Crippen LogP contribution in [0.3, 0.4) is 0 Å². The molecule has 0 aliphatic carbocycles. The number of hydrogen-bond acceptors (Lipinski definition) is 4. The zero-order valence-corrected chi connectivity index (χ0v) is 24.6. The van der Waals surface area contributed by atoms with Crippen molar-refractivity contribution < 1.29 is 9.59 Å². The molecule has 0 spiro atoms. The maximum atomic E-state index is 13.2. The first-order valence-corrected chi connectivity index (χ1v) is 15.8. The highest BCUT2D eigenvalue weighted by Crippen LogP contribution is 2.32. The van der Waals surface area contributed by atoms with Crippen LogP contribution in [0.5, 0.6) is 0 Å². The van der Waals surface area contributed by atoms with Crippen LogP contribution in [-0.4, -0.2) is 94.8 Å². The van der Waals surface area contributed by atoms with E-state index < -0.39 is 0 Å². The van der Waals surface area contributed by atoms with Crippen LogP contribution in [-0.2, 0) is 9.59 Å². The van der Waals surface area contributed by atoms with Gasteiger partial charge in [0.15, 0.2) is 0 Å². The van der Waals surface area contributed by atoms with Crippen molar-refractivity contribution in [1.29, 1.82) is 0 Å². The first kappa shape index (κ1) is 28.6. The van der Waals surface area contributed by atoms with Gasteiger partial charge in [0.25, 0.3) is 0 Å². The average Bonchev–Trinajstić information content (AvgIpc) is 3.44. The van der Waals surface area contributed by atoms with E-state index in [2.05, 4.69) is 92.4 Å². The molecular weight excluding hydrogens is 520 g/mol. The molecule has 42 heavy (non-hydrogen) atoms. The van der Waals surface area contributed by atoms with Crippen molar-refractivity contribution >= 4 is 24.0 Å². The number of rotatable bonds is 10. The number of carbonyl (C=O) groups excluding carboxylic acids is 2. The number of nitrogens with zero attached hydrogens (tertiary/aromatic N) is 4. The molecule has 4 heterocycles. The molecular formula is C36H44N4O2. The van der Waals surface area contributed by atoms with Gasteiger partial charge in [0.2, 0.25) is 11.8 Å². The van der Waals surface area contributed by atoms with E-state index in [4.69, 9.17) is 0 Å². The predicted octanol–water partition coefficient (Wildman–Crippen LogP) is 5.10. The lowest BCUT2D eigenvalue weighted by atomic mass is 10.1. The van der Waals surface area contributed by atoms with Crippen LogP contribution < -0.4 is 0 Å². The molecule has 4 saturated heterocycles. The Hall–Kier alpha value is -3.48. The van der Waals surface area contributed by atoms with Crippen molar-refractivity contribution in [2.75, 3.05) is 39.3 Å². The van der Waals surface area contributed by atoms with Crippen LogP contribution in [0.2, 0.25) is 0 Å². The van der Waals surface area contributed by atoms with Gasteiger partial charge in [0.05, 0.1) is 0 Å². The summed E-state index contributed by atoms with van der Waals surface area (Å²) in [6.45, 7) is 5.63. The van der Waals surface area contributed by atoms with E-state index >= 15 is 0 Å². The van der Waals surface area contributed by atoms with Gasteiger partial charge < -0.3 is 9.80 Å². The minimum Gasteiger partial charge on any atom is -0.334 e. The third-order valence-electron chi connectivity index (χ3n) is 9.39. The normalized spacial score (nSPS) is 26.3. The van der Waals surface area contributed by atoms with Gasteiger partial charge in [-0.2, -0.15) is 0 Å². The number of carbonyl (C=O) groups is 2. The van der Waals surface area contributed by atoms with E-state index in [9.17, 15) is 9.59 Å². The smallest absolute Gasteiger partial charge is 0.226 e. The lowest BCUT2D eigenvalue weighted by Gasteiger charge is -2.41. The molecule has 4 atom stereocenters. The molecule has 6 nitrogen and oxygen atoms in total. The lowest BCUT2D eigenvalue weighted by molar-refractivity contribution is -0.137. The summed E-state index contributed by atoms with van der Waals surface area (Å²) in [4.78, 5) is 35.6. The molecule has 0 aromatic heterocycles. The lowest BCUT2D eigenvalue weighted by Crippen LogP contribution is -2.55. The highest BCUT2D eigenvalue weighted by atomic mass is 16.2. The van der Waals surface area contributed by atoms with E-state index in [-0.39, 0.29) is 11.8 Å². The first-order valence-electron chi connectivity index (χ1n) is 15.8. The summed E-state index contributed by atoms with van der Waals surface area (Å²) in [5.41, 5.74) is 2.45. The zero-order chi connectivity index (χ0) is 28.7. The SMILES string of the molecule is O=C(C/C=C/CC(=O)N1[C@@H]2CC[C@H]1CN(C/C=C/c1ccccc1)C2)N1[C@@H]2CC[C@H]1CN(C/C=C/c1ccccc1)C2. The second-order valence-corrected chi connectivity index (χ2v) is 12.3. The third kappa shape index (κ3) is 6.93. The molecule has 6 heteroatoms. The molecule has 2 aromatic carbocycles. The molecule has 4 fully saturated rings. The van der Waals surface area contributed by atoms with Crippen LogP contribution in [0.25, 0.3) is 12.2 Å². The Labute approximate surface area is 251 Å². The van der Waals surface area contributed by atoms with Crippen LogP contribution in [0.15, 0.2) is 85.0 Å². The molecule has 220 valence electrons. The molecule has 0 unspecified atom stereocenters. The number of benzene rings is 2. The van der Waals surface area contributed by atoms with Crippen molar-refractivity contribution in [3.8, 4) is 0 Å². The highest BCUT2D eigenvalue weighted by Gasteiger charge is 2.42. The monoisotopic (exact) mass is 564 g/mol. The summed E-state index contributed by atoms with van der Waals surface area (Å²) in [7, 11) is 0. The Kier molecular flexibility index (Phi) is 9.31. The van der Waals surface area contributed by atoms with Gasteiger partial charge in [-0.25, -0.2) is 0 Å². The number of amides is 2. The molecule has 4 bridgehead atoms. The van der Waals surface area contributed by atoms with E-state index in [0.29, 0.717) is 37.0 Å². The van der Waals surface area contributed by atoms with E-state index in [0.717, 1.165) is 65.0 Å². The summed E-state index contributed by atoms with van der Waals surface area (Å²) in [6.07, 6.45) is 17.9. The first-order chi connectivity index (χ1) is 20.6. The van der Waals surface area contributed by atoms with Crippen molar-refractivity contribution in [3.05, 3.63) is 96.1 Å². The molecule has 0 radical (unpaired) electrons. The van der Waals surface area contributed by atoms with Gasteiger partial charge in [-0.15, -0.1) is 0 Å². The fraction of sp³-hybridized carbons (Fsp3) is 0.444. The molecule has 0 N–H and O–H groups in total. The second kappa shape index (κ2) is 13.7. The van der Waals surface area contributed by atoms with Crippen molar-refractivity contribution in [2.24, 2.45) is 0 Å². The number of likely N-dealkylation sites (tertiary alicyclic amines) is 2. The van der Waals surface area contributed by atoms with Crippen LogP contribution in [0.4, 0.5) is 0 Å². The third-order valence-corrected chi connectivity index (χ3v) is 9.39. The molecule has 4 aliphatic rings. The molecule has 0 saturated carbocycles. The number of piperazine rings is 2. The molecule has 2 amide bonds. The van der Waals surface area contributed by atoms with Crippen LogP contribution in [0, 0.1) is 0 Å². The highest BCUT2D eigenvalue weighted by molar-refractivity contribution is 5.80. The fourth-order valence-corrected chi connectivity index (χ4v) is 7.48. The zero-order valence-electron chi connectivity index (χ0n) is 24.6. The molecule has 2 aromatic rings. The summed E-state index contributed by atoms with van der Waals surface area (Å²) in [5, 5.41) is 0. The van der Waals surface area contributed by atoms with Gasteiger partial charge >= 0.3 is 0 Å². The Morgan fingerprint density at radius 1 is 0.548 bits per heavy atom. The average molecular weight is 565 g/mol. The second-order valence-electron chi connectivity index (χ2n) is 12.3. The fourth-order valence-electron chi connectivity index (χ4n) is 7.48. The van der Waals surface area contributed by atoms with E-state index in [1.54, 1.807) is 0 Å². The maximum Gasteiger partial charge on any atom is 0.226 e. The van der Waals surface area contributed by atoms with Crippen molar-refractivity contribution in [1.82, 2.24) is 19.6 Å². The van der Waals surface area contributed by atoms with Gasteiger partial charge in [0, 0.05) is 76.3 Å². The minimum atomic E-state index is 0.211. The van der Waals surface area contributed by atoms with Gasteiger partial charge in [0.1, 0.15) is 0 Å². The maximum absolute atomic E-state index is 13.2. The molecule has 4 aliphatic heterocycles. The standard InChI is InChI=1S/C36H44N4O2/c41-35(39-31-19-20-32(39)26-37(25-31)23-9-15-29-11-3-1-4-12-29)17-7-8-18-36(42)40-33-21-22-34(40)28-38(27-33)24-10-16-30-13-5-2-6-14-30/h1-16,31-34H,17-28H2/b8-7+,15-9+,16-10+/t31-,32+,33-,34+. The van der Waals surface area contributed by atoms with Crippen molar-refractivity contribution in [2.45, 2.75) is 62.7 Å². The van der Waals surface area contributed by atoms with Gasteiger partial charge in [-0.05, 0) is 36.8 Å². The Morgan fingerprint density at radius 2 is 0.905 bits per heavy atom. The van der Waals surface area contributed by atoms with Crippen LogP contribution in [0.1, 0.15) is 49.7 Å². The quantitative estimate of drug-likeness (QED) is 0.377. The Balaban J connectivity index is 0.925. The van der Waals surface area contributed by atoms with Crippen molar-refractivity contribution in [3.63, 3.8) is 0 Å². The summed E-state index contributed by atoms with van der Waals surface area (Å²) in [6, 6.07) is 22.1. The predicted molar refractivity (Wildman–Crippen MR) is 170 cm³/mol. The minimum absolute atomic E-state index is 0.211. The van der Waals surface area contributed by atoms with Gasteiger partial charge in [-0.1, -0.05) is 97.1 Å². The van der Waals surface area contributed by atoms with Crippen LogP contribution >= 0.6 is 0 Å². The Morgan fingerprint density at radius 3 is 1.26 bits per heavy atom. The summed E-state index contributed by atoms with van der Waals surface area (Å²) in [5.74, 6) is 0.422. The summed E-state index contributed by atoms with van der Waals surface area (Å²) < 4.78 is 0. The number of hydrogen-bond donors (Lipinski definition) is 0. The largest absolute Gasteiger partial charge is 0.334 e. The molecule has 6 rings (SSSR count). The topological polar surface area (TPSA) is 47.1 Å².